The van der Waals surface area contributed by atoms with Gasteiger partial charge in [-0.1, -0.05) is 11.2 Å². The normalized spacial score (nSPS) is 10.3. The number of amides is 1. The molecule has 2 aromatic heterocycles. The van der Waals surface area contributed by atoms with Crippen LogP contribution in [0.15, 0.2) is 52.4 Å². The third-order valence-electron chi connectivity index (χ3n) is 3.07. The first kappa shape index (κ1) is 15.0. The maximum absolute atomic E-state index is 12.2. The van der Waals surface area contributed by atoms with E-state index in [1.807, 2.05) is 17.5 Å². The Hall–Kier alpha value is -2.93. The Labute approximate surface area is 135 Å². The van der Waals surface area contributed by atoms with Gasteiger partial charge in [-0.25, -0.2) is 4.79 Å². The predicted octanol–water partition coefficient (Wildman–Crippen LogP) is 3.44. The minimum absolute atomic E-state index is 0.186. The van der Waals surface area contributed by atoms with Gasteiger partial charge in [0.2, 0.25) is 0 Å². The Morgan fingerprint density at radius 1 is 1.22 bits per heavy atom. The van der Waals surface area contributed by atoms with E-state index in [1.54, 1.807) is 30.3 Å². The molecule has 7 heteroatoms. The van der Waals surface area contributed by atoms with Crippen LogP contribution in [0.25, 0.3) is 10.6 Å². The molecule has 0 radical (unpaired) electrons. The zero-order chi connectivity index (χ0) is 16.2. The molecule has 0 unspecified atom stereocenters. The van der Waals surface area contributed by atoms with Crippen molar-refractivity contribution in [1.82, 2.24) is 5.16 Å². The first-order chi connectivity index (χ1) is 11.2. The number of esters is 1. The quantitative estimate of drug-likeness (QED) is 0.742. The number of ether oxygens (including phenoxy) is 1. The molecule has 0 fully saturated rings. The van der Waals surface area contributed by atoms with E-state index in [1.165, 1.54) is 18.4 Å². The van der Waals surface area contributed by atoms with Gasteiger partial charge in [0, 0.05) is 11.8 Å². The third kappa shape index (κ3) is 3.29. The molecule has 0 aliphatic heterocycles. The number of carbonyl (C=O) groups excluding carboxylic acids is 2. The summed E-state index contributed by atoms with van der Waals surface area (Å²) >= 11 is 1.50. The van der Waals surface area contributed by atoms with Gasteiger partial charge in [0.1, 0.15) is 0 Å². The molecule has 0 saturated heterocycles. The monoisotopic (exact) mass is 328 g/mol. The van der Waals surface area contributed by atoms with Crippen molar-refractivity contribution in [1.29, 1.82) is 0 Å². The van der Waals surface area contributed by atoms with Gasteiger partial charge in [0.25, 0.3) is 5.91 Å². The van der Waals surface area contributed by atoms with E-state index in [9.17, 15) is 9.59 Å². The van der Waals surface area contributed by atoms with E-state index >= 15 is 0 Å². The van der Waals surface area contributed by atoms with Gasteiger partial charge in [-0.05, 0) is 35.7 Å². The number of hydrogen-bond donors (Lipinski definition) is 1. The summed E-state index contributed by atoms with van der Waals surface area (Å²) in [5.74, 6) is -0.270. The Balaban J connectivity index is 1.71. The fourth-order valence-electron chi connectivity index (χ4n) is 1.92. The summed E-state index contributed by atoms with van der Waals surface area (Å²) in [6, 6.07) is 11.7. The summed E-state index contributed by atoms with van der Waals surface area (Å²) in [5.41, 5.74) is 1.14. The van der Waals surface area contributed by atoms with Crippen LogP contribution in [0.2, 0.25) is 0 Å². The fraction of sp³-hybridized carbons (Fsp3) is 0.0625. The molecular formula is C16H12N2O4S. The zero-order valence-corrected chi connectivity index (χ0v) is 12.9. The maximum atomic E-state index is 12.2. The third-order valence-corrected chi connectivity index (χ3v) is 3.96. The van der Waals surface area contributed by atoms with Crippen LogP contribution < -0.4 is 5.32 Å². The van der Waals surface area contributed by atoms with E-state index < -0.39 is 5.97 Å². The van der Waals surface area contributed by atoms with E-state index in [0.717, 1.165) is 4.88 Å². The summed E-state index contributed by atoms with van der Waals surface area (Å²) in [6.45, 7) is 0. The van der Waals surface area contributed by atoms with Crippen LogP contribution in [0.4, 0.5) is 5.69 Å². The number of hydrogen-bond acceptors (Lipinski definition) is 6. The maximum Gasteiger partial charge on any atom is 0.337 e. The van der Waals surface area contributed by atoms with Crippen molar-refractivity contribution in [3.8, 4) is 10.6 Å². The largest absolute Gasteiger partial charge is 0.465 e. The highest BCUT2D eigenvalue weighted by molar-refractivity contribution is 7.13. The lowest BCUT2D eigenvalue weighted by Gasteiger charge is -2.04. The lowest BCUT2D eigenvalue weighted by molar-refractivity contribution is 0.0600. The predicted molar refractivity (Wildman–Crippen MR) is 85.6 cm³/mol. The Kier molecular flexibility index (Phi) is 4.20. The summed E-state index contributed by atoms with van der Waals surface area (Å²) in [6.07, 6.45) is 0. The van der Waals surface area contributed by atoms with Crippen LogP contribution in [-0.2, 0) is 4.74 Å². The molecule has 1 N–H and O–H groups in total. The van der Waals surface area contributed by atoms with E-state index in [-0.39, 0.29) is 11.6 Å². The molecular weight excluding hydrogens is 316 g/mol. The Morgan fingerprint density at radius 3 is 2.65 bits per heavy atom. The van der Waals surface area contributed by atoms with Crippen molar-refractivity contribution in [3.63, 3.8) is 0 Å². The van der Waals surface area contributed by atoms with Crippen molar-refractivity contribution >= 4 is 28.9 Å². The van der Waals surface area contributed by atoms with Gasteiger partial charge in [0.05, 0.1) is 17.6 Å². The van der Waals surface area contributed by atoms with Crippen molar-refractivity contribution in [2.24, 2.45) is 0 Å². The molecule has 6 nitrogen and oxygen atoms in total. The van der Waals surface area contributed by atoms with Crippen LogP contribution >= 0.6 is 11.3 Å². The summed E-state index contributed by atoms with van der Waals surface area (Å²) in [5, 5.41) is 8.38. The van der Waals surface area contributed by atoms with Gasteiger partial charge >= 0.3 is 5.97 Å². The number of nitrogens with one attached hydrogen (secondary N) is 1. The number of aromatic nitrogens is 1. The van der Waals surface area contributed by atoms with Crippen molar-refractivity contribution in [3.05, 3.63) is 59.1 Å². The lowest BCUT2D eigenvalue weighted by atomic mass is 10.2. The highest BCUT2D eigenvalue weighted by atomic mass is 32.1. The smallest absolute Gasteiger partial charge is 0.337 e. The number of thiophene rings is 1. The second-order valence-electron chi connectivity index (χ2n) is 4.58. The first-order valence-corrected chi connectivity index (χ1v) is 7.55. The van der Waals surface area contributed by atoms with Crippen LogP contribution in [-0.4, -0.2) is 24.1 Å². The molecule has 0 spiro atoms. The molecule has 0 aliphatic rings. The number of carbonyl (C=O) groups is 2. The molecule has 0 saturated carbocycles. The van der Waals surface area contributed by atoms with Crippen molar-refractivity contribution in [2.75, 3.05) is 12.4 Å². The SMILES string of the molecule is COC(=O)c1ccc(NC(=O)c2cc(-c3cccs3)on2)cc1. The summed E-state index contributed by atoms with van der Waals surface area (Å²) in [4.78, 5) is 24.4. The average Bonchev–Trinajstić information content (AvgIpc) is 3.25. The van der Waals surface area contributed by atoms with Crippen molar-refractivity contribution in [2.45, 2.75) is 0 Å². The molecule has 1 amide bonds. The second-order valence-corrected chi connectivity index (χ2v) is 5.52. The molecule has 3 rings (SSSR count). The van der Waals surface area contributed by atoms with Gasteiger partial charge in [0.15, 0.2) is 11.5 Å². The highest BCUT2D eigenvalue weighted by Crippen LogP contribution is 2.25. The Morgan fingerprint density at radius 2 is 2.00 bits per heavy atom. The molecule has 0 bridgehead atoms. The van der Waals surface area contributed by atoms with Gasteiger partial charge in [-0.2, -0.15) is 0 Å². The van der Waals surface area contributed by atoms with E-state index in [2.05, 4.69) is 15.2 Å². The average molecular weight is 328 g/mol. The molecule has 0 atom stereocenters. The Bertz CT molecular complexity index is 822. The number of benzene rings is 1. The second kappa shape index (κ2) is 6.45. The van der Waals surface area contributed by atoms with Gasteiger partial charge in [-0.15, -0.1) is 11.3 Å². The summed E-state index contributed by atoms with van der Waals surface area (Å²) < 4.78 is 9.79. The first-order valence-electron chi connectivity index (χ1n) is 6.67. The van der Waals surface area contributed by atoms with Gasteiger partial charge in [-0.3, -0.25) is 4.79 Å². The topological polar surface area (TPSA) is 81.4 Å². The van der Waals surface area contributed by atoms with E-state index in [4.69, 9.17) is 4.52 Å². The molecule has 23 heavy (non-hydrogen) atoms. The molecule has 116 valence electrons. The van der Waals surface area contributed by atoms with Crippen LogP contribution in [0.5, 0.6) is 0 Å². The zero-order valence-electron chi connectivity index (χ0n) is 12.1. The van der Waals surface area contributed by atoms with Crippen LogP contribution in [0.1, 0.15) is 20.8 Å². The van der Waals surface area contributed by atoms with Crippen LogP contribution in [0.3, 0.4) is 0 Å². The van der Waals surface area contributed by atoms with Crippen LogP contribution in [0, 0.1) is 0 Å². The molecule has 1 aromatic carbocycles. The number of anilines is 1. The number of nitrogens with zero attached hydrogens (tertiary/aromatic N) is 1. The fourth-order valence-corrected chi connectivity index (χ4v) is 2.59. The number of rotatable bonds is 4. The summed E-state index contributed by atoms with van der Waals surface area (Å²) in [7, 11) is 1.31. The lowest BCUT2D eigenvalue weighted by Crippen LogP contribution is -2.12. The minimum Gasteiger partial charge on any atom is -0.465 e. The standard InChI is InChI=1S/C16H12N2O4S/c1-21-16(20)10-4-6-11(7-5-10)17-15(19)12-9-13(22-18-12)14-3-2-8-23-14/h2-9H,1H3,(H,17,19). The highest BCUT2D eigenvalue weighted by Gasteiger charge is 2.14. The molecule has 0 aliphatic carbocycles. The van der Waals surface area contributed by atoms with E-state index in [0.29, 0.717) is 17.0 Å². The molecule has 2 heterocycles. The number of methoxy groups -OCH3 is 1. The molecule has 3 aromatic rings. The minimum atomic E-state index is -0.431. The van der Waals surface area contributed by atoms with Gasteiger partial charge < -0.3 is 14.6 Å². The van der Waals surface area contributed by atoms with Crippen molar-refractivity contribution < 1.29 is 18.8 Å².